The molecule has 0 radical (unpaired) electrons. The molecule has 0 aromatic carbocycles. The van der Waals surface area contributed by atoms with Crippen LogP contribution in [0.15, 0.2) is 6.20 Å². The minimum Gasteiger partial charge on any atom is -0.354 e. The number of nitrogens with zero attached hydrogens (tertiary/aromatic N) is 3. The molecule has 0 bridgehead atoms. The summed E-state index contributed by atoms with van der Waals surface area (Å²) in [7, 11) is -3.27. The van der Waals surface area contributed by atoms with Gasteiger partial charge < -0.3 is 10.2 Å². The molecule has 1 N–H and O–H groups in total. The number of carbonyl (C=O) groups excluding carboxylic acids is 1. The average molecular weight is 362 g/mol. The van der Waals surface area contributed by atoms with E-state index in [9.17, 15) is 13.2 Å². The monoisotopic (exact) mass is 362 g/mol. The van der Waals surface area contributed by atoms with Gasteiger partial charge in [-0.3, -0.25) is 4.79 Å². The van der Waals surface area contributed by atoms with Crippen molar-refractivity contribution < 1.29 is 13.2 Å². The van der Waals surface area contributed by atoms with E-state index >= 15 is 0 Å². The van der Waals surface area contributed by atoms with E-state index < -0.39 is 15.1 Å². The summed E-state index contributed by atoms with van der Waals surface area (Å²) in [5.74, 6) is 1.29. The Morgan fingerprint density at radius 2 is 2.04 bits per heavy atom. The summed E-state index contributed by atoms with van der Waals surface area (Å²) >= 11 is 0. The van der Waals surface area contributed by atoms with Crippen LogP contribution in [-0.4, -0.2) is 54.1 Å². The Kier molecular flexibility index (Phi) is 3.36. The van der Waals surface area contributed by atoms with Gasteiger partial charge in [-0.25, -0.2) is 18.4 Å². The van der Waals surface area contributed by atoms with Gasteiger partial charge in [0.15, 0.2) is 9.84 Å². The molecule has 2 aliphatic carbocycles. The van der Waals surface area contributed by atoms with E-state index in [2.05, 4.69) is 15.3 Å². The van der Waals surface area contributed by atoms with Gasteiger partial charge in [0.2, 0.25) is 11.9 Å². The Morgan fingerprint density at radius 3 is 2.76 bits per heavy atom. The molecule has 25 heavy (non-hydrogen) atoms. The normalized spacial score (nSPS) is 29.8. The van der Waals surface area contributed by atoms with Crippen molar-refractivity contribution in [3.63, 3.8) is 0 Å². The summed E-state index contributed by atoms with van der Waals surface area (Å²) in [6.45, 7) is 1.65. The van der Waals surface area contributed by atoms with Crippen LogP contribution in [0.1, 0.15) is 42.9 Å². The second-order valence-electron chi connectivity index (χ2n) is 7.90. The highest BCUT2D eigenvalue weighted by molar-refractivity contribution is 7.91. The number of likely N-dealkylation sites (tertiary alicyclic amines) is 1. The van der Waals surface area contributed by atoms with Gasteiger partial charge >= 0.3 is 0 Å². The Morgan fingerprint density at radius 1 is 1.24 bits per heavy atom. The van der Waals surface area contributed by atoms with Gasteiger partial charge in [-0.2, -0.15) is 0 Å². The van der Waals surface area contributed by atoms with Crippen LogP contribution in [0.5, 0.6) is 0 Å². The number of rotatable bonds is 4. The number of fused-ring (bicyclic) bond motifs is 3. The van der Waals surface area contributed by atoms with Crippen LogP contribution in [0.4, 0.5) is 5.95 Å². The van der Waals surface area contributed by atoms with Gasteiger partial charge in [-0.05, 0) is 31.6 Å². The van der Waals surface area contributed by atoms with Gasteiger partial charge in [0.05, 0.1) is 16.7 Å². The predicted octanol–water partition coefficient (Wildman–Crippen LogP) is 0.931. The molecule has 0 unspecified atom stereocenters. The topological polar surface area (TPSA) is 92.3 Å². The van der Waals surface area contributed by atoms with Crippen molar-refractivity contribution in [3.05, 3.63) is 17.5 Å². The van der Waals surface area contributed by atoms with Crippen molar-refractivity contribution in [1.29, 1.82) is 0 Å². The lowest BCUT2D eigenvalue weighted by Gasteiger charge is -2.26. The van der Waals surface area contributed by atoms with E-state index in [0.717, 1.165) is 25.1 Å². The fourth-order valence-electron chi connectivity index (χ4n) is 3.99. The van der Waals surface area contributed by atoms with Crippen molar-refractivity contribution >= 4 is 21.7 Å². The Bertz CT molecular complexity index is 832. The lowest BCUT2D eigenvalue weighted by molar-refractivity contribution is -0.131. The Labute approximate surface area is 147 Å². The molecule has 2 aliphatic heterocycles. The van der Waals surface area contributed by atoms with Crippen molar-refractivity contribution in [2.24, 2.45) is 11.8 Å². The zero-order valence-electron chi connectivity index (χ0n) is 14.0. The van der Waals surface area contributed by atoms with Crippen LogP contribution in [-0.2, 0) is 20.4 Å². The number of hydrogen-bond donors (Lipinski definition) is 1. The molecule has 2 atom stereocenters. The first-order valence-electron chi connectivity index (χ1n) is 9.11. The van der Waals surface area contributed by atoms with Crippen molar-refractivity contribution in [2.45, 2.75) is 42.6 Å². The van der Waals surface area contributed by atoms with Crippen LogP contribution < -0.4 is 5.32 Å². The number of amides is 1. The van der Waals surface area contributed by atoms with Crippen LogP contribution in [0.3, 0.4) is 0 Å². The molecule has 8 heteroatoms. The van der Waals surface area contributed by atoms with Gasteiger partial charge in [0.25, 0.3) is 0 Å². The quantitative estimate of drug-likeness (QED) is 0.857. The molecular weight excluding hydrogens is 340 g/mol. The smallest absolute Gasteiger partial charge is 0.225 e. The van der Waals surface area contributed by atoms with Crippen LogP contribution in [0, 0.1) is 11.8 Å². The molecule has 3 heterocycles. The SMILES string of the molecule is O=C(C1CC1)N1C[C@@H]2c3nc(NCC4CC4)ncc3CS(=O)(=O)[C@@H]2C1. The third-order valence-electron chi connectivity index (χ3n) is 5.82. The molecule has 3 fully saturated rings. The second kappa shape index (κ2) is 5.40. The van der Waals surface area contributed by atoms with E-state index in [1.807, 2.05) is 0 Å². The van der Waals surface area contributed by atoms with Gasteiger partial charge in [-0.15, -0.1) is 0 Å². The lowest BCUT2D eigenvalue weighted by atomic mass is 10.00. The summed E-state index contributed by atoms with van der Waals surface area (Å²) in [5.41, 5.74) is 1.51. The molecule has 7 nitrogen and oxygen atoms in total. The molecular formula is C17H22N4O3S. The summed E-state index contributed by atoms with van der Waals surface area (Å²) in [6, 6.07) is 0. The van der Waals surface area contributed by atoms with Crippen LogP contribution in [0.25, 0.3) is 0 Å². The summed E-state index contributed by atoms with van der Waals surface area (Å²) < 4.78 is 25.4. The van der Waals surface area contributed by atoms with Crippen molar-refractivity contribution in [3.8, 4) is 0 Å². The standard InChI is InChI=1S/C17H22N4O3S/c22-16(11-3-4-11)21-7-13-14(8-21)25(23,24)9-12-6-19-17(20-15(12)13)18-5-10-1-2-10/h6,10-11,13-14H,1-5,7-9H2,(H,18,19,20)/t13-,14+/m0/s1. The number of anilines is 1. The lowest BCUT2D eigenvalue weighted by Crippen LogP contribution is -2.36. The number of hydrogen-bond acceptors (Lipinski definition) is 6. The zero-order valence-corrected chi connectivity index (χ0v) is 14.8. The number of nitrogens with one attached hydrogen (secondary N) is 1. The van der Waals surface area contributed by atoms with Crippen LogP contribution >= 0.6 is 0 Å². The van der Waals surface area contributed by atoms with E-state index in [0.29, 0.717) is 30.5 Å². The first-order valence-corrected chi connectivity index (χ1v) is 10.8. The first-order chi connectivity index (χ1) is 12.0. The van der Waals surface area contributed by atoms with E-state index in [1.54, 1.807) is 11.1 Å². The highest BCUT2D eigenvalue weighted by atomic mass is 32.2. The molecule has 1 aromatic rings. The molecule has 4 aliphatic rings. The van der Waals surface area contributed by atoms with E-state index in [1.165, 1.54) is 12.8 Å². The fourth-order valence-corrected chi connectivity index (χ4v) is 5.98. The molecule has 5 rings (SSSR count). The summed E-state index contributed by atoms with van der Waals surface area (Å²) in [6.07, 6.45) is 6.02. The Hall–Kier alpha value is -1.70. The van der Waals surface area contributed by atoms with Gasteiger partial charge in [0.1, 0.15) is 0 Å². The number of sulfone groups is 1. The number of aromatic nitrogens is 2. The van der Waals surface area contributed by atoms with Crippen molar-refractivity contribution in [1.82, 2.24) is 14.9 Å². The fraction of sp³-hybridized carbons (Fsp3) is 0.706. The largest absolute Gasteiger partial charge is 0.354 e. The zero-order chi connectivity index (χ0) is 17.2. The minimum absolute atomic E-state index is 0.0160. The summed E-state index contributed by atoms with van der Waals surface area (Å²) in [4.78, 5) is 23.1. The Balaban J connectivity index is 1.44. The maximum Gasteiger partial charge on any atom is 0.225 e. The average Bonchev–Trinajstić information content (AvgIpc) is 3.50. The second-order valence-corrected chi connectivity index (χ2v) is 10.1. The highest BCUT2D eigenvalue weighted by Crippen LogP contribution is 2.41. The third-order valence-corrected chi connectivity index (χ3v) is 7.93. The van der Waals surface area contributed by atoms with Gasteiger partial charge in [0, 0.05) is 43.2 Å². The molecule has 0 spiro atoms. The predicted molar refractivity (Wildman–Crippen MR) is 91.7 cm³/mol. The maximum atomic E-state index is 12.7. The first kappa shape index (κ1) is 15.5. The maximum absolute atomic E-state index is 12.7. The molecule has 1 saturated heterocycles. The van der Waals surface area contributed by atoms with Crippen molar-refractivity contribution in [2.75, 3.05) is 25.0 Å². The molecule has 1 amide bonds. The van der Waals surface area contributed by atoms with Gasteiger partial charge in [-0.1, -0.05) is 0 Å². The third kappa shape index (κ3) is 2.80. The van der Waals surface area contributed by atoms with E-state index in [4.69, 9.17) is 0 Å². The molecule has 1 aromatic heterocycles. The summed E-state index contributed by atoms with van der Waals surface area (Å²) in [5, 5.41) is 2.75. The van der Waals surface area contributed by atoms with E-state index in [-0.39, 0.29) is 23.5 Å². The molecule has 2 saturated carbocycles. The van der Waals surface area contributed by atoms with Crippen LogP contribution in [0.2, 0.25) is 0 Å². The molecule has 134 valence electrons. The highest BCUT2D eigenvalue weighted by Gasteiger charge is 2.50. The number of carbonyl (C=O) groups is 1. The minimum atomic E-state index is -3.27.